The van der Waals surface area contributed by atoms with Crippen molar-refractivity contribution in [2.45, 2.75) is 19.5 Å². The number of hydrogen-bond acceptors (Lipinski definition) is 3. The zero-order valence-electron chi connectivity index (χ0n) is 14.9. The zero-order chi connectivity index (χ0) is 19.0. The molecule has 4 nitrogen and oxygen atoms in total. The summed E-state index contributed by atoms with van der Waals surface area (Å²) in [6, 6.07) is 13.9. The summed E-state index contributed by atoms with van der Waals surface area (Å²) in [6.07, 6.45) is 0. The normalized spacial score (nSPS) is 17.9. The number of pyridine rings is 1. The third kappa shape index (κ3) is 3.66. The van der Waals surface area contributed by atoms with Gasteiger partial charge in [-0.25, -0.2) is 9.37 Å². The third-order valence-corrected chi connectivity index (χ3v) is 5.19. The molecule has 2 aromatic carbocycles. The average molecular weight is 384 g/mol. The van der Waals surface area contributed by atoms with Crippen LogP contribution in [0.15, 0.2) is 48.5 Å². The van der Waals surface area contributed by atoms with Crippen molar-refractivity contribution >= 4 is 28.4 Å². The van der Waals surface area contributed by atoms with Crippen LogP contribution < -0.4 is 5.32 Å². The second kappa shape index (κ2) is 7.25. The van der Waals surface area contributed by atoms with E-state index in [0.717, 1.165) is 28.8 Å². The van der Waals surface area contributed by atoms with E-state index >= 15 is 0 Å². The lowest BCUT2D eigenvalue weighted by Gasteiger charge is -2.33. The quantitative estimate of drug-likeness (QED) is 0.743. The molecular weight excluding hydrogens is 365 g/mol. The molecule has 2 heterocycles. The lowest BCUT2D eigenvalue weighted by atomic mass is 10.0. The van der Waals surface area contributed by atoms with Crippen LogP contribution in [0.4, 0.5) is 4.39 Å². The molecule has 0 aliphatic carbocycles. The monoisotopic (exact) mass is 383 g/mol. The number of benzene rings is 2. The van der Waals surface area contributed by atoms with E-state index in [1.165, 1.54) is 12.1 Å². The molecule has 138 valence electrons. The molecule has 0 radical (unpaired) electrons. The van der Waals surface area contributed by atoms with E-state index in [1.54, 1.807) is 6.07 Å². The van der Waals surface area contributed by atoms with Gasteiger partial charge in [0.05, 0.1) is 17.3 Å². The Labute approximate surface area is 162 Å². The molecule has 1 amide bonds. The number of nitrogens with one attached hydrogen (secondary N) is 1. The molecule has 1 aliphatic heterocycles. The first-order valence-electron chi connectivity index (χ1n) is 8.88. The minimum absolute atomic E-state index is 0.0291. The predicted octanol–water partition coefficient (Wildman–Crippen LogP) is 4.01. The first-order valence-corrected chi connectivity index (χ1v) is 9.26. The van der Waals surface area contributed by atoms with Crippen LogP contribution in [0.3, 0.4) is 0 Å². The summed E-state index contributed by atoms with van der Waals surface area (Å²) in [6.45, 7) is 3.87. The minimum atomic E-state index is -0.318. The van der Waals surface area contributed by atoms with Gasteiger partial charge < -0.3 is 5.32 Å². The van der Waals surface area contributed by atoms with E-state index in [2.05, 4.69) is 10.2 Å². The van der Waals surface area contributed by atoms with Gasteiger partial charge in [0, 0.05) is 41.7 Å². The smallest absolute Gasteiger partial charge is 0.237 e. The lowest BCUT2D eigenvalue weighted by Crippen LogP contribution is -2.53. The fourth-order valence-corrected chi connectivity index (χ4v) is 3.65. The van der Waals surface area contributed by atoms with Crippen LogP contribution in [-0.4, -0.2) is 34.9 Å². The molecule has 1 aliphatic rings. The van der Waals surface area contributed by atoms with E-state index < -0.39 is 0 Å². The molecule has 4 rings (SSSR count). The molecule has 27 heavy (non-hydrogen) atoms. The third-order valence-electron chi connectivity index (χ3n) is 4.96. The number of rotatable bonds is 3. The second-order valence-electron chi connectivity index (χ2n) is 6.78. The topological polar surface area (TPSA) is 45.2 Å². The summed E-state index contributed by atoms with van der Waals surface area (Å²) >= 11 is 6.17. The van der Waals surface area contributed by atoms with E-state index in [4.69, 9.17) is 16.6 Å². The molecule has 1 N–H and O–H groups in total. The standard InChI is InChI=1S/C21H19ClFN3O/c1-13-21(27)24-7-8-26(13)12-16-9-14-5-6-18(23)11-19(14)25-20(16)15-3-2-4-17(22)10-15/h2-6,9-11,13H,7-8,12H2,1H3,(H,24,27)/t13-/m1/s1. The van der Waals surface area contributed by atoms with Gasteiger partial charge in [0.1, 0.15) is 5.82 Å². The molecule has 0 spiro atoms. The van der Waals surface area contributed by atoms with Crippen molar-refractivity contribution in [3.05, 3.63) is 64.9 Å². The highest BCUT2D eigenvalue weighted by Crippen LogP contribution is 2.29. The van der Waals surface area contributed by atoms with Crippen molar-refractivity contribution in [2.75, 3.05) is 13.1 Å². The van der Waals surface area contributed by atoms with Gasteiger partial charge in [0.2, 0.25) is 5.91 Å². The van der Waals surface area contributed by atoms with Crippen molar-refractivity contribution in [3.63, 3.8) is 0 Å². The number of hydrogen-bond donors (Lipinski definition) is 1. The molecule has 0 bridgehead atoms. The van der Waals surface area contributed by atoms with E-state index in [9.17, 15) is 9.18 Å². The maximum atomic E-state index is 13.7. The van der Waals surface area contributed by atoms with Crippen molar-refractivity contribution in [2.24, 2.45) is 0 Å². The maximum Gasteiger partial charge on any atom is 0.237 e. The number of nitrogens with zero attached hydrogens (tertiary/aromatic N) is 2. The number of halogens is 2. The first-order chi connectivity index (χ1) is 13.0. The molecule has 1 atom stereocenters. The highest BCUT2D eigenvalue weighted by atomic mass is 35.5. The first kappa shape index (κ1) is 17.9. The molecule has 3 aromatic rings. The van der Waals surface area contributed by atoms with Gasteiger partial charge in [-0.05, 0) is 42.8 Å². The number of fused-ring (bicyclic) bond motifs is 1. The number of carbonyl (C=O) groups is 1. The lowest BCUT2D eigenvalue weighted by molar-refractivity contribution is -0.128. The highest BCUT2D eigenvalue weighted by Gasteiger charge is 2.26. The Bertz CT molecular complexity index is 1020. The van der Waals surface area contributed by atoms with Crippen LogP contribution in [0.25, 0.3) is 22.2 Å². The van der Waals surface area contributed by atoms with Crippen molar-refractivity contribution in [3.8, 4) is 11.3 Å². The van der Waals surface area contributed by atoms with Gasteiger partial charge in [0.25, 0.3) is 0 Å². The Kier molecular flexibility index (Phi) is 4.81. The van der Waals surface area contributed by atoms with Crippen LogP contribution in [0, 0.1) is 5.82 Å². The number of carbonyl (C=O) groups excluding carboxylic acids is 1. The van der Waals surface area contributed by atoms with Gasteiger partial charge in [-0.1, -0.05) is 23.7 Å². The summed E-state index contributed by atoms with van der Waals surface area (Å²) in [7, 11) is 0. The van der Waals surface area contributed by atoms with Crippen LogP contribution in [0.5, 0.6) is 0 Å². The van der Waals surface area contributed by atoms with Crippen LogP contribution in [0.2, 0.25) is 5.02 Å². The Hall–Kier alpha value is -2.50. The van der Waals surface area contributed by atoms with Gasteiger partial charge in [0.15, 0.2) is 0 Å². The summed E-state index contributed by atoms with van der Waals surface area (Å²) in [4.78, 5) is 18.9. The van der Waals surface area contributed by atoms with Crippen LogP contribution in [-0.2, 0) is 11.3 Å². The summed E-state index contributed by atoms with van der Waals surface area (Å²) in [5.74, 6) is -0.289. The minimum Gasteiger partial charge on any atom is -0.353 e. The van der Waals surface area contributed by atoms with Crippen LogP contribution >= 0.6 is 11.6 Å². The van der Waals surface area contributed by atoms with Gasteiger partial charge in [-0.3, -0.25) is 9.69 Å². The maximum absolute atomic E-state index is 13.7. The largest absolute Gasteiger partial charge is 0.353 e. The highest BCUT2D eigenvalue weighted by molar-refractivity contribution is 6.30. The number of aromatic nitrogens is 1. The van der Waals surface area contributed by atoms with Crippen LogP contribution in [0.1, 0.15) is 12.5 Å². The summed E-state index contributed by atoms with van der Waals surface area (Å²) in [5.41, 5.74) is 3.21. The predicted molar refractivity (Wildman–Crippen MR) is 105 cm³/mol. The van der Waals surface area contributed by atoms with Gasteiger partial charge >= 0.3 is 0 Å². The molecule has 1 saturated heterocycles. The molecule has 6 heteroatoms. The van der Waals surface area contributed by atoms with Crippen molar-refractivity contribution in [1.82, 2.24) is 15.2 Å². The fraction of sp³-hybridized carbons (Fsp3) is 0.238. The summed E-state index contributed by atoms with van der Waals surface area (Å²) < 4.78 is 13.7. The SMILES string of the molecule is C[C@@H]1C(=O)NCCN1Cc1cc2ccc(F)cc2nc1-c1cccc(Cl)c1. The van der Waals surface area contributed by atoms with E-state index in [1.807, 2.05) is 37.3 Å². The van der Waals surface area contributed by atoms with E-state index in [0.29, 0.717) is 23.6 Å². The average Bonchev–Trinajstić information content (AvgIpc) is 2.65. The molecule has 1 aromatic heterocycles. The molecular formula is C21H19ClFN3O. The number of piperazine rings is 1. The number of amides is 1. The van der Waals surface area contributed by atoms with E-state index in [-0.39, 0.29) is 17.8 Å². The Morgan fingerprint density at radius 2 is 2.11 bits per heavy atom. The van der Waals surface area contributed by atoms with Crippen molar-refractivity contribution < 1.29 is 9.18 Å². The van der Waals surface area contributed by atoms with Gasteiger partial charge in [-0.2, -0.15) is 0 Å². The second-order valence-corrected chi connectivity index (χ2v) is 7.22. The Morgan fingerprint density at radius 3 is 2.93 bits per heavy atom. The van der Waals surface area contributed by atoms with Gasteiger partial charge in [-0.15, -0.1) is 0 Å². The molecule has 1 fully saturated rings. The molecule has 0 saturated carbocycles. The fourth-order valence-electron chi connectivity index (χ4n) is 3.45. The Morgan fingerprint density at radius 1 is 1.26 bits per heavy atom. The molecule has 0 unspecified atom stereocenters. The Balaban J connectivity index is 1.83. The van der Waals surface area contributed by atoms with Crippen molar-refractivity contribution in [1.29, 1.82) is 0 Å². The zero-order valence-corrected chi connectivity index (χ0v) is 15.6. The summed E-state index contributed by atoms with van der Waals surface area (Å²) in [5, 5.41) is 4.36.